The van der Waals surface area contributed by atoms with Gasteiger partial charge in [-0.3, -0.25) is 9.69 Å². The number of halogens is 1. The van der Waals surface area contributed by atoms with E-state index >= 15 is 0 Å². The Balaban J connectivity index is 1.85. The molecular weight excluding hydrogens is 418 g/mol. The van der Waals surface area contributed by atoms with Gasteiger partial charge in [-0.05, 0) is 51.8 Å². The fourth-order valence-electron chi connectivity index (χ4n) is 2.29. The van der Waals surface area contributed by atoms with Crippen molar-refractivity contribution in [1.82, 2.24) is 0 Å². The topological polar surface area (TPSA) is 29.5 Å². The molecule has 6 heteroatoms. The van der Waals surface area contributed by atoms with Crippen molar-refractivity contribution in [2.75, 3.05) is 11.5 Å². The van der Waals surface area contributed by atoms with E-state index in [9.17, 15) is 4.79 Å². The van der Waals surface area contributed by atoms with Crippen molar-refractivity contribution in [3.05, 3.63) is 76.1 Å². The average molecular weight is 432 g/mol. The highest BCUT2D eigenvalue weighted by Crippen LogP contribution is 2.36. The molecule has 126 valence electrons. The van der Waals surface area contributed by atoms with Crippen LogP contribution >= 0.6 is 39.9 Å². The Bertz CT molecular complexity index is 865. The SMILES string of the molecule is C=CCOc1ccc(/C=C2/SC(=S)N(c3ccccc3)C2=O)cc1Br. The molecule has 3 rings (SSSR count). The Labute approximate surface area is 164 Å². The molecule has 1 saturated heterocycles. The first-order valence-corrected chi connectivity index (χ1v) is 9.48. The fraction of sp³-hybridized carbons (Fsp3) is 0.0526. The lowest BCUT2D eigenvalue weighted by atomic mass is 10.2. The lowest BCUT2D eigenvalue weighted by molar-refractivity contribution is -0.113. The van der Waals surface area contributed by atoms with Crippen LogP contribution in [0.3, 0.4) is 0 Å². The summed E-state index contributed by atoms with van der Waals surface area (Å²) >= 11 is 10.2. The number of benzene rings is 2. The standard InChI is InChI=1S/C19H14BrNO2S2/c1-2-10-23-16-9-8-13(11-15(16)20)12-17-18(22)21(19(24)25-17)14-6-4-3-5-7-14/h2-9,11-12H,1,10H2/b17-12+. The number of rotatable bonds is 5. The highest BCUT2D eigenvalue weighted by atomic mass is 79.9. The highest BCUT2D eigenvalue weighted by molar-refractivity contribution is 9.10. The molecule has 0 spiro atoms. The minimum atomic E-state index is -0.107. The van der Waals surface area contributed by atoms with Crippen LogP contribution in [0.5, 0.6) is 5.75 Å². The van der Waals surface area contributed by atoms with E-state index in [1.54, 1.807) is 11.0 Å². The number of hydrogen-bond acceptors (Lipinski definition) is 4. The van der Waals surface area contributed by atoms with Crippen molar-refractivity contribution < 1.29 is 9.53 Å². The zero-order valence-electron chi connectivity index (χ0n) is 13.1. The Kier molecular flexibility index (Phi) is 5.73. The lowest BCUT2D eigenvalue weighted by Crippen LogP contribution is -2.27. The Hall–Kier alpha value is -1.89. The van der Waals surface area contributed by atoms with Gasteiger partial charge in [0.05, 0.1) is 15.1 Å². The molecule has 0 aromatic heterocycles. The van der Waals surface area contributed by atoms with Crippen molar-refractivity contribution in [2.45, 2.75) is 0 Å². The molecule has 1 aliphatic heterocycles. The molecule has 0 radical (unpaired) electrons. The van der Waals surface area contributed by atoms with Gasteiger partial charge >= 0.3 is 0 Å². The Morgan fingerprint density at radius 3 is 2.68 bits per heavy atom. The third-order valence-corrected chi connectivity index (χ3v) is 5.34. The summed E-state index contributed by atoms with van der Waals surface area (Å²) in [4.78, 5) is 14.9. The van der Waals surface area contributed by atoms with Crippen LogP contribution in [-0.4, -0.2) is 16.8 Å². The molecule has 0 unspecified atom stereocenters. The van der Waals surface area contributed by atoms with Crippen LogP contribution in [0.25, 0.3) is 6.08 Å². The number of thioether (sulfide) groups is 1. The summed E-state index contributed by atoms with van der Waals surface area (Å²) in [6, 6.07) is 15.1. The van der Waals surface area contributed by atoms with Gasteiger partial charge in [0.25, 0.3) is 5.91 Å². The molecule has 0 aliphatic carbocycles. The number of ether oxygens (including phenoxy) is 1. The van der Waals surface area contributed by atoms with Crippen LogP contribution in [0.2, 0.25) is 0 Å². The monoisotopic (exact) mass is 431 g/mol. The highest BCUT2D eigenvalue weighted by Gasteiger charge is 2.33. The van der Waals surface area contributed by atoms with Crippen molar-refractivity contribution in [3.8, 4) is 5.75 Å². The maximum atomic E-state index is 12.7. The first-order chi connectivity index (χ1) is 12.1. The molecule has 2 aromatic carbocycles. The molecule has 1 aliphatic rings. The molecule has 0 atom stereocenters. The van der Waals surface area contributed by atoms with Gasteiger partial charge < -0.3 is 4.74 Å². The largest absolute Gasteiger partial charge is 0.488 e. The second kappa shape index (κ2) is 7.99. The van der Waals surface area contributed by atoms with E-state index in [1.807, 2.05) is 54.6 Å². The van der Waals surface area contributed by atoms with E-state index in [4.69, 9.17) is 17.0 Å². The molecule has 0 bridgehead atoms. The fourth-order valence-corrected chi connectivity index (χ4v) is 4.10. The average Bonchev–Trinajstić information content (AvgIpc) is 2.88. The van der Waals surface area contributed by atoms with E-state index in [-0.39, 0.29) is 5.91 Å². The van der Waals surface area contributed by atoms with Gasteiger partial charge in [-0.15, -0.1) is 0 Å². The quantitative estimate of drug-likeness (QED) is 0.359. The first kappa shape index (κ1) is 17.9. The van der Waals surface area contributed by atoms with Crippen molar-refractivity contribution in [3.63, 3.8) is 0 Å². The summed E-state index contributed by atoms with van der Waals surface area (Å²) in [5, 5.41) is 0. The second-order valence-corrected chi connectivity index (χ2v) is 7.67. The zero-order valence-corrected chi connectivity index (χ0v) is 16.4. The third kappa shape index (κ3) is 4.03. The number of thiocarbonyl (C=S) groups is 1. The lowest BCUT2D eigenvalue weighted by Gasteiger charge is -2.13. The van der Waals surface area contributed by atoms with Crippen LogP contribution in [0, 0.1) is 0 Å². The van der Waals surface area contributed by atoms with E-state index in [1.165, 1.54) is 11.8 Å². The van der Waals surface area contributed by atoms with Gasteiger partial charge in [-0.2, -0.15) is 0 Å². The van der Waals surface area contributed by atoms with E-state index in [0.29, 0.717) is 15.8 Å². The van der Waals surface area contributed by atoms with Crippen LogP contribution in [0.4, 0.5) is 5.69 Å². The van der Waals surface area contributed by atoms with Crippen LogP contribution in [0.1, 0.15) is 5.56 Å². The van der Waals surface area contributed by atoms with Gasteiger partial charge in [0, 0.05) is 0 Å². The molecule has 0 N–H and O–H groups in total. The van der Waals surface area contributed by atoms with Gasteiger partial charge in [-0.1, -0.05) is 60.9 Å². The van der Waals surface area contributed by atoms with Crippen molar-refractivity contribution in [1.29, 1.82) is 0 Å². The van der Waals surface area contributed by atoms with Crippen molar-refractivity contribution in [2.24, 2.45) is 0 Å². The van der Waals surface area contributed by atoms with Gasteiger partial charge in [-0.25, -0.2) is 0 Å². The maximum absolute atomic E-state index is 12.7. The maximum Gasteiger partial charge on any atom is 0.270 e. The number of carbonyl (C=O) groups is 1. The summed E-state index contributed by atoms with van der Waals surface area (Å²) in [6.45, 7) is 4.07. The summed E-state index contributed by atoms with van der Waals surface area (Å²) in [5.41, 5.74) is 1.68. The van der Waals surface area contributed by atoms with Crippen LogP contribution in [-0.2, 0) is 4.79 Å². The predicted octanol–water partition coefficient (Wildman–Crippen LogP) is 5.42. The predicted molar refractivity (Wildman–Crippen MR) is 112 cm³/mol. The zero-order chi connectivity index (χ0) is 17.8. The molecule has 1 fully saturated rings. The van der Waals surface area contributed by atoms with Gasteiger partial charge in [0.2, 0.25) is 0 Å². The minimum absolute atomic E-state index is 0.107. The second-order valence-electron chi connectivity index (χ2n) is 5.14. The molecule has 0 saturated carbocycles. The Morgan fingerprint density at radius 1 is 1.24 bits per heavy atom. The van der Waals surface area contributed by atoms with Gasteiger partial charge in [0.1, 0.15) is 12.4 Å². The number of carbonyl (C=O) groups excluding carboxylic acids is 1. The van der Waals surface area contributed by atoms with Gasteiger partial charge in [0.15, 0.2) is 4.32 Å². The molecule has 25 heavy (non-hydrogen) atoms. The molecule has 3 nitrogen and oxygen atoms in total. The molecule has 1 heterocycles. The molecule has 1 amide bonds. The summed E-state index contributed by atoms with van der Waals surface area (Å²) in [6.07, 6.45) is 3.53. The Morgan fingerprint density at radius 2 is 2.00 bits per heavy atom. The molecule has 2 aromatic rings. The number of nitrogens with zero attached hydrogens (tertiary/aromatic N) is 1. The number of para-hydroxylation sites is 1. The van der Waals surface area contributed by atoms with E-state index in [2.05, 4.69) is 22.5 Å². The summed E-state index contributed by atoms with van der Waals surface area (Å²) in [5.74, 6) is 0.623. The smallest absolute Gasteiger partial charge is 0.270 e. The summed E-state index contributed by atoms with van der Waals surface area (Å²) in [7, 11) is 0. The number of anilines is 1. The van der Waals surface area contributed by atoms with Crippen LogP contribution in [0.15, 0.2) is 70.6 Å². The number of amides is 1. The normalized spacial score (nSPS) is 15.7. The van der Waals surface area contributed by atoms with E-state index < -0.39 is 0 Å². The van der Waals surface area contributed by atoms with E-state index in [0.717, 1.165) is 21.5 Å². The minimum Gasteiger partial charge on any atom is -0.488 e. The molecular formula is C19H14BrNO2S2. The first-order valence-electron chi connectivity index (χ1n) is 7.46. The van der Waals surface area contributed by atoms with Crippen LogP contribution < -0.4 is 9.64 Å². The van der Waals surface area contributed by atoms with Crippen molar-refractivity contribution >= 4 is 61.9 Å². The summed E-state index contributed by atoms with van der Waals surface area (Å²) < 4.78 is 6.89. The number of hydrogen-bond donors (Lipinski definition) is 0. The third-order valence-electron chi connectivity index (χ3n) is 3.42.